The van der Waals surface area contributed by atoms with E-state index in [2.05, 4.69) is 5.32 Å². The van der Waals surface area contributed by atoms with Gasteiger partial charge in [-0.1, -0.05) is 23.7 Å². The zero-order valence-corrected chi connectivity index (χ0v) is 12.9. The van der Waals surface area contributed by atoms with E-state index in [0.717, 1.165) is 11.1 Å². The van der Waals surface area contributed by atoms with Crippen molar-refractivity contribution in [2.24, 2.45) is 0 Å². The van der Waals surface area contributed by atoms with Crippen molar-refractivity contribution in [3.05, 3.63) is 52.3 Å². The van der Waals surface area contributed by atoms with Gasteiger partial charge in [-0.3, -0.25) is 0 Å². The van der Waals surface area contributed by atoms with Crippen molar-refractivity contribution in [1.82, 2.24) is 0 Å². The summed E-state index contributed by atoms with van der Waals surface area (Å²) in [4.78, 5) is 0. The predicted octanol–water partition coefficient (Wildman–Crippen LogP) is 4.42. The molecule has 0 heterocycles. The number of methoxy groups -OCH3 is 2. The van der Waals surface area contributed by atoms with E-state index >= 15 is 0 Å². The average Bonchev–Trinajstić information content (AvgIpc) is 2.48. The van der Waals surface area contributed by atoms with Crippen LogP contribution in [0.15, 0.2) is 30.3 Å². The molecule has 1 N–H and O–H groups in total. The molecular weight excluding hydrogens is 293 g/mol. The number of nitrogens with one attached hydrogen (secondary N) is 1. The molecule has 0 unspecified atom stereocenters. The van der Waals surface area contributed by atoms with Crippen molar-refractivity contribution in [3.8, 4) is 11.5 Å². The van der Waals surface area contributed by atoms with Crippen molar-refractivity contribution in [2.75, 3.05) is 19.5 Å². The lowest BCUT2D eigenvalue weighted by Gasteiger charge is -2.14. The van der Waals surface area contributed by atoms with Crippen LogP contribution in [0.3, 0.4) is 0 Å². The smallest absolute Gasteiger partial charge is 0.179 e. The van der Waals surface area contributed by atoms with Crippen LogP contribution in [0.1, 0.15) is 11.1 Å². The number of hydrogen-bond donors (Lipinski definition) is 1. The monoisotopic (exact) mass is 309 g/mol. The van der Waals surface area contributed by atoms with Crippen LogP contribution in [0.4, 0.5) is 10.1 Å². The number of rotatable bonds is 5. The van der Waals surface area contributed by atoms with Crippen molar-refractivity contribution in [3.63, 3.8) is 0 Å². The van der Waals surface area contributed by atoms with E-state index in [1.807, 2.05) is 13.0 Å². The largest absolute Gasteiger partial charge is 0.493 e. The third kappa shape index (κ3) is 3.39. The Balaban J connectivity index is 2.22. The molecule has 2 aromatic carbocycles. The molecule has 0 saturated carbocycles. The van der Waals surface area contributed by atoms with Gasteiger partial charge in [0.2, 0.25) is 0 Å². The molecule has 0 fully saturated rings. The zero-order chi connectivity index (χ0) is 15.4. The number of ether oxygens (including phenoxy) is 2. The highest BCUT2D eigenvalue weighted by atomic mass is 35.5. The average molecular weight is 310 g/mol. The second-order valence-electron chi connectivity index (χ2n) is 4.61. The molecule has 3 nitrogen and oxygen atoms in total. The van der Waals surface area contributed by atoms with Gasteiger partial charge in [-0.25, -0.2) is 4.39 Å². The van der Waals surface area contributed by atoms with E-state index in [1.165, 1.54) is 13.2 Å². The van der Waals surface area contributed by atoms with Gasteiger partial charge in [0, 0.05) is 6.54 Å². The third-order valence-electron chi connectivity index (χ3n) is 3.16. The molecule has 0 aliphatic rings. The Kier molecular flexibility index (Phi) is 4.91. The number of halogens is 2. The minimum atomic E-state index is -0.294. The molecule has 0 aliphatic heterocycles. The first-order chi connectivity index (χ1) is 10.1. The van der Waals surface area contributed by atoms with Gasteiger partial charge in [0.15, 0.2) is 11.5 Å². The van der Waals surface area contributed by atoms with E-state index < -0.39 is 0 Å². The highest BCUT2D eigenvalue weighted by Crippen LogP contribution is 2.37. The summed E-state index contributed by atoms with van der Waals surface area (Å²) in [6, 6.07) is 8.51. The summed E-state index contributed by atoms with van der Waals surface area (Å²) in [5, 5.41) is 3.50. The fraction of sp³-hybridized carbons (Fsp3) is 0.250. The Morgan fingerprint density at radius 2 is 1.90 bits per heavy atom. The van der Waals surface area contributed by atoms with E-state index in [4.69, 9.17) is 21.1 Å². The van der Waals surface area contributed by atoms with Gasteiger partial charge in [-0.2, -0.15) is 0 Å². The summed E-state index contributed by atoms with van der Waals surface area (Å²) in [6.07, 6.45) is 0. The molecule has 21 heavy (non-hydrogen) atoms. The second-order valence-corrected chi connectivity index (χ2v) is 4.99. The molecule has 2 rings (SSSR count). The molecular formula is C16H17ClFNO2. The predicted molar refractivity (Wildman–Crippen MR) is 83.0 cm³/mol. The highest BCUT2D eigenvalue weighted by molar-refractivity contribution is 6.33. The van der Waals surface area contributed by atoms with Crippen LogP contribution in [-0.2, 0) is 6.54 Å². The van der Waals surface area contributed by atoms with Crippen LogP contribution in [0.5, 0.6) is 11.5 Å². The first-order valence-electron chi connectivity index (χ1n) is 6.46. The lowest BCUT2D eigenvalue weighted by molar-refractivity contribution is 0.355. The van der Waals surface area contributed by atoms with Gasteiger partial charge >= 0.3 is 0 Å². The summed E-state index contributed by atoms with van der Waals surface area (Å²) >= 11 is 6.29. The quantitative estimate of drug-likeness (QED) is 0.887. The van der Waals surface area contributed by atoms with Gasteiger partial charge in [0.25, 0.3) is 0 Å². The van der Waals surface area contributed by atoms with Gasteiger partial charge in [0.1, 0.15) is 5.82 Å². The van der Waals surface area contributed by atoms with Gasteiger partial charge in [-0.05, 0) is 36.2 Å². The zero-order valence-electron chi connectivity index (χ0n) is 12.2. The summed E-state index contributed by atoms with van der Waals surface area (Å²) in [6.45, 7) is 2.30. The Labute approximate surface area is 128 Å². The summed E-state index contributed by atoms with van der Waals surface area (Å²) < 4.78 is 24.1. The molecule has 0 aromatic heterocycles. The van der Waals surface area contributed by atoms with Crippen LogP contribution in [0.25, 0.3) is 0 Å². The molecule has 0 bridgehead atoms. The SMILES string of the molecule is COc1ccc(CNc2cc(C)ccc2F)c(Cl)c1OC. The standard InChI is InChI=1S/C16H17ClFNO2/c1-10-4-6-12(18)13(8-10)19-9-11-5-7-14(20-2)16(21-3)15(11)17/h4-8,19H,9H2,1-3H3. The normalized spacial score (nSPS) is 10.3. The fourth-order valence-corrected chi connectivity index (χ4v) is 2.33. The molecule has 0 radical (unpaired) electrons. The number of aryl methyl sites for hydroxylation is 1. The molecule has 112 valence electrons. The topological polar surface area (TPSA) is 30.5 Å². The lowest BCUT2D eigenvalue weighted by Crippen LogP contribution is -2.03. The first-order valence-corrected chi connectivity index (χ1v) is 6.84. The van der Waals surface area contributed by atoms with Gasteiger partial charge in [-0.15, -0.1) is 0 Å². The molecule has 0 saturated heterocycles. The maximum Gasteiger partial charge on any atom is 0.179 e. The minimum Gasteiger partial charge on any atom is -0.493 e. The summed E-state index contributed by atoms with van der Waals surface area (Å²) in [7, 11) is 3.08. The minimum absolute atomic E-state index is 0.294. The van der Waals surface area contributed by atoms with Crippen LogP contribution in [0, 0.1) is 12.7 Å². The first kappa shape index (κ1) is 15.4. The maximum absolute atomic E-state index is 13.7. The molecule has 2 aromatic rings. The highest BCUT2D eigenvalue weighted by Gasteiger charge is 2.13. The van der Waals surface area contributed by atoms with E-state index in [1.54, 1.807) is 25.3 Å². The van der Waals surface area contributed by atoms with Crippen molar-refractivity contribution >= 4 is 17.3 Å². The van der Waals surface area contributed by atoms with E-state index in [0.29, 0.717) is 28.8 Å². The van der Waals surface area contributed by atoms with Crippen molar-refractivity contribution < 1.29 is 13.9 Å². The Bertz CT molecular complexity index is 646. The summed E-state index contributed by atoms with van der Waals surface area (Å²) in [5.41, 5.74) is 2.23. The number of hydrogen-bond acceptors (Lipinski definition) is 3. The lowest BCUT2D eigenvalue weighted by atomic mass is 10.1. The number of anilines is 1. The van der Waals surface area contributed by atoms with Crippen molar-refractivity contribution in [2.45, 2.75) is 13.5 Å². The Morgan fingerprint density at radius 3 is 2.57 bits per heavy atom. The molecule has 0 spiro atoms. The number of benzene rings is 2. The van der Waals surface area contributed by atoms with E-state index in [-0.39, 0.29) is 5.82 Å². The van der Waals surface area contributed by atoms with Gasteiger partial charge in [0.05, 0.1) is 24.9 Å². The van der Waals surface area contributed by atoms with Crippen LogP contribution >= 0.6 is 11.6 Å². The maximum atomic E-state index is 13.7. The van der Waals surface area contributed by atoms with Gasteiger partial charge < -0.3 is 14.8 Å². The summed E-state index contributed by atoms with van der Waals surface area (Å²) in [5.74, 6) is 0.744. The second kappa shape index (κ2) is 6.68. The molecule has 0 aliphatic carbocycles. The fourth-order valence-electron chi connectivity index (χ4n) is 2.03. The molecule has 5 heteroatoms. The Morgan fingerprint density at radius 1 is 1.14 bits per heavy atom. The Hall–Kier alpha value is -1.94. The van der Waals surface area contributed by atoms with Crippen LogP contribution < -0.4 is 14.8 Å². The van der Waals surface area contributed by atoms with E-state index in [9.17, 15) is 4.39 Å². The van der Waals surface area contributed by atoms with Crippen LogP contribution in [-0.4, -0.2) is 14.2 Å². The molecule has 0 amide bonds. The van der Waals surface area contributed by atoms with Crippen LogP contribution in [0.2, 0.25) is 5.02 Å². The third-order valence-corrected chi connectivity index (χ3v) is 3.57. The molecule has 0 atom stereocenters. The van der Waals surface area contributed by atoms with Crippen molar-refractivity contribution in [1.29, 1.82) is 0 Å².